The third-order valence-corrected chi connectivity index (χ3v) is 3.92. The Morgan fingerprint density at radius 2 is 1.88 bits per heavy atom. The van der Waals surface area contributed by atoms with Crippen LogP contribution in [0.15, 0.2) is 12.1 Å². The first-order valence-corrected chi connectivity index (χ1v) is 6.55. The van der Waals surface area contributed by atoms with Gasteiger partial charge in [-0.3, -0.25) is 0 Å². The van der Waals surface area contributed by atoms with E-state index in [9.17, 15) is 0 Å². The number of aryl methyl sites for hydroxylation is 3. The Balaban J connectivity index is 1.97. The van der Waals surface area contributed by atoms with Crippen molar-refractivity contribution in [1.29, 1.82) is 0 Å². The van der Waals surface area contributed by atoms with Crippen LogP contribution in [0.1, 0.15) is 28.7 Å². The van der Waals surface area contributed by atoms with E-state index in [0.29, 0.717) is 6.04 Å². The van der Waals surface area contributed by atoms with Gasteiger partial charge in [0, 0.05) is 19.1 Å². The number of nitrogens with one attached hydrogen (secondary N) is 1. The summed E-state index contributed by atoms with van der Waals surface area (Å²) in [6.45, 7) is 10.0. The molecule has 1 aromatic carbocycles. The normalized spacial score (nSPS) is 21.1. The lowest BCUT2D eigenvalue weighted by atomic mass is 10.0. The Morgan fingerprint density at radius 3 is 2.53 bits per heavy atom. The lowest BCUT2D eigenvalue weighted by Crippen LogP contribution is -2.31. The zero-order chi connectivity index (χ0) is 12.4. The number of rotatable bonds is 3. The van der Waals surface area contributed by atoms with Crippen molar-refractivity contribution in [3.63, 3.8) is 0 Å². The average Bonchev–Trinajstić information content (AvgIpc) is 2.68. The zero-order valence-electron chi connectivity index (χ0n) is 11.5. The molecule has 0 saturated carbocycles. The van der Waals surface area contributed by atoms with Crippen molar-refractivity contribution >= 4 is 0 Å². The first-order chi connectivity index (χ1) is 8.06. The smallest absolute Gasteiger partial charge is 0.0211 e. The second-order valence-electron chi connectivity index (χ2n) is 5.49. The molecular weight excluding hydrogens is 208 g/mol. The van der Waals surface area contributed by atoms with Gasteiger partial charge < -0.3 is 10.2 Å². The molecule has 1 N–H and O–H groups in total. The van der Waals surface area contributed by atoms with E-state index in [1.54, 1.807) is 0 Å². The van der Waals surface area contributed by atoms with Crippen LogP contribution in [-0.4, -0.2) is 31.1 Å². The van der Waals surface area contributed by atoms with Crippen molar-refractivity contribution in [2.45, 2.75) is 39.8 Å². The molecule has 0 amide bonds. The quantitative estimate of drug-likeness (QED) is 0.861. The summed E-state index contributed by atoms with van der Waals surface area (Å²) in [7, 11) is 2.20. The molecule has 1 saturated heterocycles. The standard InChI is InChI=1S/C15H24N2/c1-11-7-13(3)14(8-12(11)2)9-16-15-5-6-17(4)10-15/h7-8,15-16H,5-6,9-10H2,1-4H3. The summed E-state index contributed by atoms with van der Waals surface area (Å²) in [4.78, 5) is 2.39. The van der Waals surface area contributed by atoms with Gasteiger partial charge in [0.25, 0.3) is 0 Å². The van der Waals surface area contributed by atoms with Gasteiger partial charge in [0.05, 0.1) is 0 Å². The van der Waals surface area contributed by atoms with E-state index < -0.39 is 0 Å². The van der Waals surface area contributed by atoms with Crippen LogP contribution in [0, 0.1) is 20.8 Å². The number of nitrogens with zero attached hydrogens (tertiary/aromatic N) is 1. The molecule has 1 fully saturated rings. The minimum atomic E-state index is 0.668. The molecule has 1 aromatic rings. The van der Waals surface area contributed by atoms with Crippen LogP contribution in [-0.2, 0) is 6.54 Å². The topological polar surface area (TPSA) is 15.3 Å². The van der Waals surface area contributed by atoms with E-state index in [1.165, 1.54) is 41.8 Å². The number of benzene rings is 1. The summed E-state index contributed by atoms with van der Waals surface area (Å²) in [5, 5.41) is 3.67. The Hall–Kier alpha value is -0.860. The van der Waals surface area contributed by atoms with Crippen molar-refractivity contribution in [2.75, 3.05) is 20.1 Å². The summed E-state index contributed by atoms with van der Waals surface area (Å²) in [6.07, 6.45) is 1.28. The summed E-state index contributed by atoms with van der Waals surface area (Å²) in [5.74, 6) is 0. The summed E-state index contributed by atoms with van der Waals surface area (Å²) >= 11 is 0. The van der Waals surface area contributed by atoms with Crippen LogP contribution < -0.4 is 5.32 Å². The second-order valence-corrected chi connectivity index (χ2v) is 5.49. The summed E-state index contributed by atoms with van der Waals surface area (Å²) < 4.78 is 0. The van der Waals surface area contributed by atoms with Crippen LogP contribution in [0.4, 0.5) is 0 Å². The second kappa shape index (κ2) is 5.19. The highest BCUT2D eigenvalue weighted by molar-refractivity contribution is 5.36. The number of hydrogen-bond acceptors (Lipinski definition) is 2. The van der Waals surface area contributed by atoms with Crippen LogP contribution in [0.3, 0.4) is 0 Å². The predicted octanol–water partition coefficient (Wildman–Crippen LogP) is 2.41. The molecule has 0 bridgehead atoms. The molecule has 94 valence electrons. The van der Waals surface area contributed by atoms with E-state index in [-0.39, 0.29) is 0 Å². The minimum absolute atomic E-state index is 0.668. The SMILES string of the molecule is Cc1cc(C)c(CNC2CCN(C)C2)cc1C. The first kappa shape index (κ1) is 12.6. The molecule has 2 heteroatoms. The lowest BCUT2D eigenvalue weighted by molar-refractivity contribution is 0.397. The Kier molecular flexibility index (Phi) is 3.85. The maximum Gasteiger partial charge on any atom is 0.0211 e. The van der Waals surface area contributed by atoms with Crippen LogP contribution >= 0.6 is 0 Å². The highest BCUT2D eigenvalue weighted by Crippen LogP contribution is 2.16. The van der Waals surface area contributed by atoms with Gasteiger partial charge in [-0.05, 0) is 63.0 Å². The third-order valence-electron chi connectivity index (χ3n) is 3.92. The van der Waals surface area contributed by atoms with E-state index in [4.69, 9.17) is 0 Å². The fourth-order valence-electron chi connectivity index (χ4n) is 2.57. The molecule has 1 heterocycles. The molecular formula is C15H24N2. The van der Waals surface area contributed by atoms with Gasteiger partial charge in [0.1, 0.15) is 0 Å². The van der Waals surface area contributed by atoms with E-state index >= 15 is 0 Å². The fraction of sp³-hybridized carbons (Fsp3) is 0.600. The molecule has 0 spiro atoms. The minimum Gasteiger partial charge on any atom is -0.309 e. The van der Waals surface area contributed by atoms with Crippen LogP contribution in [0.2, 0.25) is 0 Å². The molecule has 0 aromatic heterocycles. The molecule has 1 aliphatic rings. The van der Waals surface area contributed by atoms with Crippen LogP contribution in [0.5, 0.6) is 0 Å². The van der Waals surface area contributed by atoms with Gasteiger partial charge >= 0.3 is 0 Å². The van der Waals surface area contributed by atoms with Crippen molar-refractivity contribution in [3.05, 3.63) is 34.4 Å². The number of likely N-dealkylation sites (tertiary alicyclic amines) is 1. The van der Waals surface area contributed by atoms with Gasteiger partial charge in [-0.1, -0.05) is 12.1 Å². The molecule has 1 unspecified atom stereocenters. The molecule has 0 radical (unpaired) electrons. The fourth-order valence-corrected chi connectivity index (χ4v) is 2.57. The van der Waals surface area contributed by atoms with E-state index in [1.807, 2.05) is 0 Å². The Bertz CT molecular complexity index is 398. The maximum atomic E-state index is 3.67. The number of likely N-dealkylation sites (N-methyl/N-ethyl adjacent to an activating group) is 1. The highest BCUT2D eigenvalue weighted by atomic mass is 15.2. The van der Waals surface area contributed by atoms with Crippen molar-refractivity contribution in [2.24, 2.45) is 0 Å². The Labute approximate surface area is 105 Å². The molecule has 17 heavy (non-hydrogen) atoms. The molecule has 1 aliphatic heterocycles. The largest absolute Gasteiger partial charge is 0.309 e. The average molecular weight is 232 g/mol. The van der Waals surface area contributed by atoms with E-state index in [0.717, 1.165) is 6.54 Å². The van der Waals surface area contributed by atoms with Gasteiger partial charge in [-0.15, -0.1) is 0 Å². The molecule has 0 aliphatic carbocycles. The highest BCUT2D eigenvalue weighted by Gasteiger charge is 2.18. The molecule has 2 nitrogen and oxygen atoms in total. The first-order valence-electron chi connectivity index (χ1n) is 6.55. The summed E-state index contributed by atoms with van der Waals surface area (Å²) in [6, 6.07) is 5.30. The van der Waals surface area contributed by atoms with Gasteiger partial charge in [0.15, 0.2) is 0 Å². The third kappa shape index (κ3) is 3.08. The monoisotopic (exact) mass is 232 g/mol. The Morgan fingerprint density at radius 1 is 1.18 bits per heavy atom. The number of hydrogen-bond donors (Lipinski definition) is 1. The molecule has 1 atom stereocenters. The van der Waals surface area contributed by atoms with Crippen molar-refractivity contribution < 1.29 is 0 Å². The molecule has 2 rings (SSSR count). The summed E-state index contributed by atoms with van der Waals surface area (Å²) in [5.41, 5.74) is 5.65. The van der Waals surface area contributed by atoms with Crippen molar-refractivity contribution in [3.8, 4) is 0 Å². The van der Waals surface area contributed by atoms with Gasteiger partial charge in [-0.25, -0.2) is 0 Å². The van der Waals surface area contributed by atoms with Gasteiger partial charge in [0.2, 0.25) is 0 Å². The lowest BCUT2D eigenvalue weighted by Gasteiger charge is -2.15. The van der Waals surface area contributed by atoms with Crippen molar-refractivity contribution in [1.82, 2.24) is 10.2 Å². The van der Waals surface area contributed by atoms with Gasteiger partial charge in [-0.2, -0.15) is 0 Å². The maximum absolute atomic E-state index is 3.67. The predicted molar refractivity (Wildman–Crippen MR) is 73.4 cm³/mol. The van der Waals surface area contributed by atoms with Crippen LogP contribution in [0.25, 0.3) is 0 Å². The zero-order valence-corrected chi connectivity index (χ0v) is 11.5. The van der Waals surface area contributed by atoms with E-state index in [2.05, 4.69) is 50.2 Å².